The van der Waals surface area contributed by atoms with E-state index in [1.165, 1.54) is 0 Å². The fourth-order valence-electron chi connectivity index (χ4n) is 3.53. The molecule has 0 spiro atoms. The van der Waals surface area contributed by atoms with Gasteiger partial charge in [0.25, 0.3) is 0 Å². The van der Waals surface area contributed by atoms with Gasteiger partial charge in [0.2, 0.25) is 5.91 Å². The van der Waals surface area contributed by atoms with Crippen LogP contribution in [0.25, 0.3) is 0 Å². The first-order valence-corrected chi connectivity index (χ1v) is 12.0. The third kappa shape index (κ3) is 5.84. The molecule has 3 rings (SSSR count). The van der Waals surface area contributed by atoms with Crippen LogP contribution in [0.1, 0.15) is 52.4 Å². The van der Waals surface area contributed by atoms with Crippen molar-refractivity contribution in [2.45, 2.75) is 33.1 Å². The normalized spacial score (nSPS) is 10.9. The third-order valence-corrected chi connectivity index (χ3v) is 6.31. The molecule has 3 aromatic rings. The molecule has 33 heavy (non-hydrogen) atoms. The molecular formula is C26H25Br2NO4. The van der Waals surface area contributed by atoms with Crippen molar-refractivity contribution in [3.05, 3.63) is 85.3 Å². The van der Waals surface area contributed by atoms with Gasteiger partial charge in [-0.15, -0.1) is 0 Å². The smallest absolute Gasteiger partial charge is 0.221 e. The van der Waals surface area contributed by atoms with E-state index in [2.05, 4.69) is 31.9 Å². The number of carbonyl (C=O) groups excluding carboxylic acids is 2. The number of rotatable bonds is 8. The van der Waals surface area contributed by atoms with E-state index >= 15 is 0 Å². The van der Waals surface area contributed by atoms with Crippen molar-refractivity contribution in [1.82, 2.24) is 0 Å². The summed E-state index contributed by atoms with van der Waals surface area (Å²) < 4.78 is 13.2. The Bertz CT molecular complexity index is 1200. The number of ketones is 1. The molecule has 0 heterocycles. The molecule has 0 aromatic heterocycles. The summed E-state index contributed by atoms with van der Waals surface area (Å²) in [5.41, 5.74) is 8.93. The maximum atomic E-state index is 13.5. The number of methoxy groups -OCH3 is 1. The standard InChI is InChI=1S/C26H25Br2NO4/c1-14(2)18-12-23(33-26-20(27)9-16(10-21(26)28)11-24(29)30)19(13-22(18)32-4)25(31)17-7-5-6-15(3)8-17/h5-10,12-14H,11H2,1-4H3,(H2,29,30). The number of amides is 1. The van der Waals surface area contributed by atoms with Crippen molar-refractivity contribution < 1.29 is 19.1 Å². The molecular weight excluding hydrogens is 550 g/mol. The summed E-state index contributed by atoms with van der Waals surface area (Å²) in [6, 6.07) is 14.6. The van der Waals surface area contributed by atoms with Gasteiger partial charge < -0.3 is 15.2 Å². The highest BCUT2D eigenvalue weighted by Gasteiger charge is 2.22. The number of aryl methyl sites for hydroxylation is 1. The lowest BCUT2D eigenvalue weighted by Gasteiger charge is -2.19. The van der Waals surface area contributed by atoms with Crippen LogP contribution in [0.3, 0.4) is 0 Å². The molecule has 172 valence electrons. The number of hydrogen-bond acceptors (Lipinski definition) is 4. The number of halogens is 2. The third-order valence-electron chi connectivity index (χ3n) is 5.13. The number of nitrogens with two attached hydrogens (primary N) is 1. The van der Waals surface area contributed by atoms with Gasteiger partial charge in [0.1, 0.15) is 11.5 Å². The first-order valence-electron chi connectivity index (χ1n) is 10.4. The fourth-order valence-corrected chi connectivity index (χ4v) is 4.97. The van der Waals surface area contributed by atoms with E-state index in [1.807, 2.05) is 45.0 Å². The second kappa shape index (κ2) is 10.5. The number of benzene rings is 3. The minimum Gasteiger partial charge on any atom is -0.496 e. The van der Waals surface area contributed by atoms with Crippen LogP contribution < -0.4 is 15.2 Å². The zero-order chi connectivity index (χ0) is 24.3. The van der Waals surface area contributed by atoms with Crippen LogP contribution in [-0.4, -0.2) is 18.8 Å². The molecule has 1 amide bonds. The number of ether oxygens (including phenoxy) is 2. The minimum absolute atomic E-state index is 0.106. The van der Waals surface area contributed by atoms with E-state index in [-0.39, 0.29) is 18.1 Å². The molecule has 7 heteroatoms. The average Bonchev–Trinajstić information content (AvgIpc) is 2.74. The maximum absolute atomic E-state index is 13.5. The van der Waals surface area contributed by atoms with Crippen molar-refractivity contribution in [3.8, 4) is 17.2 Å². The lowest BCUT2D eigenvalue weighted by Crippen LogP contribution is -2.13. The molecule has 0 radical (unpaired) electrons. The van der Waals surface area contributed by atoms with Crippen molar-refractivity contribution in [2.75, 3.05) is 7.11 Å². The molecule has 0 aliphatic carbocycles. The van der Waals surface area contributed by atoms with Crippen molar-refractivity contribution in [3.63, 3.8) is 0 Å². The van der Waals surface area contributed by atoms with Crippen LogP contribution >= 0.6 is 31.9 Å². The molecule has 0 atom stereocenters. The highest BCUT2D eigenvalue weighted by molar-refractivity contribution is 9.11. The van der Waals surface area contributed by atoms with Crippen LogP contribution in [0, 0.1) is 6.92 Å². The number of carbonyl (C=O) groups is 2. The van der Waals surface area contributed by atoms with E-state index in [9.17, 15) is 9.59 Å². The zero-order valence-electron chi connectivity index (χ0n) is 18.9. The summed E-state index contributed by atoms with van der Waals surface area (Å²) in [7, 11) is 1.59. The molecule has 0 saturated heterocycles. The van der Waals surface area contributed by atoms with Crippen LogP contribution in [0.2, 0.25) is 0 Å². The summed E-state index contributed by atoms with van der Waals surface area (Å²) in [5.74, 6) is 1.08. The topological polar surface area (TPSA) is 78.6 Å². The van der Waals surface area contributed by atoms with Crippen molar-refractivity contribution in [1.29, 1.82) is 0 Å². The zero-order valence-corrected chi connectivity index (χ0v) is 22.0. The van der Waals surface area contributed by atoms with Crippen LogP contribution in [0.5, 0.6) is 17.2 Å². The Kier molecular flexibility index (Phi) is 7.97. The predicted octanol–water partition coefficient (Wildman–Crippen LogP) is 6.70. The lowest BCUT2D eigenvalue weighted by molar-refractivity contribution is -0.117. The highest BCUT2D eigenvalue weighted by Crippen LogP contribution is 2.42. The fraction of sp³-hybridized carbons (Fsp3) is 0.231. The van der Waals surface area contributed by atoms with Gasteiger partial charge in [-0.1, -0.05) is 37.6 Å². The van der Waals surface area contributed by atoms with Gasteiger partial charge in [-0.3, -0.25) is 9.59 Å². The summed E-state index contributed by atoms with van der Waals surface area (Å²) in [6.07, 6.45) is 0.106. The van der Waals surface area contributed by atoms with Crippen LogP contribution in [0.4, 0.5) is 0 Å². The Hall–Kier alpha value is -2.64. The van der Waals surface area contributed by atoms with Crippen LogP contribution in [-0.2, 0) is 11.2 Å². The van der Waals surface area contributed by atoms with E-state index in [0.717, 1.165) is 16.7 Å². The van der Waals surface area contributed by atoms with E-state index in [4.69, 9.17) is 15.2 Å². The molecule has 0 aliphatic heterocycles. The van der Waals surface area contributed by atoms with E-state index < -0.39 is 5.91 Å². The molecule has 0 aliphatic rings. The Morgan fingerprint density at radius 1 is 1.00 bits per heavy atom. The second-order valence-corrected chi connectivity index (χ2v) is 9.79. The lowest BCUT2D eigenvalue weighted by atomic mass is 9.95. The monoisotopic (exact) mass is 573 g/mol. The number of primary amides is 1. The molecule has 3 aromatic carbocycles. The summed E-state index contributed by atoms with van der Waals surface area (Å²) in [4.78, 5) is 24.8. The minimum atomic E-state index is -0.426. The Morgan fingerprint density at radius 2 is 1.67 bits per heavy atom. The largest absolute Gasteiger partial charge is 0.496 e. The van der Waals surface area contributed by atoms with Crippen LogP contribution in [0.15, 0.2) is 57.5 Å². The second-order valence-electron chi connectivity index (χ2n) is 8.08. The van der Waals surface area contributed by atoms with Crippen molar-refractivity contribution in [2.24, 2.45) is 5.73 Å². The molecule has 2 N–H and O–H groups in total. The van der Waals surface area contributed by atoms with E-state index in [0.29, 0.717) is 37.3 Å². The molecule has 5 nitrogen and oxygen atoms in total. The van der Waals surface area contributed by atoms with Gasteiger partial charge in [-0.25, -0.2) is 0 Å². The molecule has 0 saturated carbocycles. The average molecular weight is 575 g/mol. The van der Waals surface area contributed by atoms with Gasteiger partial charge in [0.05, 0.1) is 28.0 Å². The first kappa shape index (κ1) is 25.0. The first-order chi connectivity index (χ1) is 15.6. The summed E-state index contributed by atoms with van der Waals surface area (Å²) >= 11 is 7.04. The molecule has 0 fully saturated rings. The quantitative estimate of drug-likeness (QED) is 0.303. The van der Waals surface area contributed by atoms with Gasteiger partial charge >= 0.3 is 0 Å². The SMILES string of the molecule is COc1cc(C(=O)c2cccc(C)c2)c(Oc2c(Br)cc(CC(N)=O)cc2Br)cc1C(C)C. The summed E-state index contributed by atoms with van der Waals surface area (Å²) in [5, 5.41) is 0. The highest BCUT2D eigenvalue weighted by atomic mass is 79.9. The Labute approximate surface area is 210 Å². The predicted molar refractivity (Wildman–Crippen MR) is 137 cm³/mol. The van der Waals surface area contributed by atoms with Gasteiger partial charge in [-0.05, 0) is 80.6 Å². The number of hydrogen-bond donors (Lipinski definition) is 1. The Balaban J connectivity index is 2.15. The Morgan fingerprint density at radius 3 is 2.21 bits per heavy atom. The van der Waals surface area contributed by atoms with E-state index in [1.54, 1.807) is 31.4 Å². The molecule has 0 unspecified atom stereocenters. The van der Waals surface area contributed by atoms with Crippen molar-refractivity contribution >= 4 is 43.6 Å². The van der Waals surface area contributed by atoms with Gasteiger partial charge in [-0.2, -0.15) is 0 Å². The maximum Gasteiger partial charge on any atom is 0.221 e. The van der Waals surface area contributed by atoms with Gasteiger partial charge in [0.15, 0.2) is 11.5 Å². The van der Waals surface area contributed by atoms with Gasteiger partial charge in [0, 0.05) is 11.1 Å². The summed E-state index contributed by atoms with van der Waals surface area (Å²) in [6.45, 7) is 6.04. The molecule has 0 bridgehead atoms.